The zero-order valence-corrected chi connectivity index (χ0v) is 87.6. The van der Waals surface area contributed by atoms with Crippen LogP contribution in [-0.4, -0.2) is 105 Å². The Balaban J connectivity index is 0.000000171. The minimum Gasteiger partial charge on any atom is -0.481 e. The number of aromatic carboxylic acids is 4. The van der Waals surface area contributed by atoms with Crippen LogP contribution < -0.4 is 26.6 Å². The normalized spacial score (nSPS) is 10.8. The van der Waals surface area contributed by atoms with Gasteiger partial charge in [-0.1, -0.05) is 139 Å². The van der Waals surface area contributed by atoms with Crippen LogP contribution in [0.4, 0.5) is 57.5 Å². The quantitative estimate of drug-likeness (QED) is 0.0125. The number of aliphatic carboxylic acids is 1. The van der Waals surface area contributed by atoms with Crippen LogP contribution in [0.2, 0.25) is 0 Å². The Morgan fingerprint density at radius 3 is 0.797 bits per heavy atom. The average molecular weight is 2020 g/mol. The third-order valence-electron chi connectivity index (χ3n) is 23.0. The van der Waals surface area contributed by atoms with E-state index in [1.54, 1.807) is 154 Å². The summed E-state index contributed by atoms with van der Waals surface area (Å²) >= 11 is 8.71. The summed E-state index contributed by atoms with van der Waals surface area (Å²) in [6.45, 7) is 35.2. The van der Waals surface area contributed by atoms with E-state index in [0.717, 1.165) is 258 Å². The van der Waals surface area contributed by atoms with Crippen LogP contribution in [0.3, 0.4) is 0 Å². The van der Waals surface area contributed by atoms with E-state index in [1.807, 2.05) is 50.3 Å². The molecule has 15 aromatic rings. The number of aromatic nitrogens is 10. The lowest BCUT2D eigenvalue weighted by Gasteiger charge is -2.15. The van der Waals surface area contributed by atoms with Crippen LogP contribution in [0.25, 0.3) is 53.5 Å². The molecule has 0 saturated heterocycles. The molecule has 10 heterocycles. The number of carbonyl (C=O) groups is 5. The maximum absolute atomic E-state index is 11.1. The number of allylic oxidation sites excluding steroid dienone is 2. The van der Waals surface area contributed by atoms with Gasteiger partial charge in [0, 0.05) is 109 Å². The van der Waals surface area contributed by atoms with E-state index >= 15 is 0 Å². The second kappa shape index (κ2) is 54.7. The number of hydrogen-bond donors (Lipinski definition) is 10. The average Bonchev–Trinajstić information content (AvgIpc) is 1.81. The third-order valence-corrected chi connectivity index (χ3v) is 28.7. The Labute approximate surface area is 857 Å². The highest BCUT2D eigenvalue weighted by atomic mass is 32.1. The molecular weight excluding hydrogens is 1890 g/mol. The summed E-state index contributed by atoms with van der Waals surface area (Å²) in [7, 11) is 0. The lowest BCUT2D eigenvalue weighted by molar-refractivity contribution is -0.136. The lowest BCUT2D eigenvalue weighted by atomic mass is 10.1. The minimum atomic E-state index is -0.945. The van der Waals surface area contributed by atoms with Gasteiger partial charge < -0.3 is 52.1 Å². The Hall–Kier alpha value is -14.2. The van der Waals surface area contributed by atoms with E-state index < -0.39 is 29.8 Å². The molecule has 744 valence electrons. The number of nitrogens with zero attached hydrogens (tertiary/aromatic N) is 10. The number of hydrogen-bond acceptors (Lipinski definition) is 25. The van der Waals surface area contributed by atoms with Crippen LogP contribution in [0.1, 0.15) is 249 Å². The minimum absolute atomic E-state index is 0.0249. The second-order valence-corrected chi connectivity index (χ2v) is 39.5. The third kappa shape index (κ3) is 30.9. The molecule has 0 fully saturated rings. The van der Waals surface area contributed by atoms with E-state index in [-0.39, 0.29) is 28.7 Å². The standard InChI is InChI=1S/C25H31N3O2S.C23H25N3O2S.C22H23N3O2S.C22H25N3O2S.C21H23N3O2S/c1-4-7-8-9-19-14-15-22(31-19)25-27-21(6-3)20(5-2)24(28-25)26-18-12-10-17(11-13-18)16-23(29)30;1-4-7-17-13-14-20(29-17)22-25-19(6-3)18(8-5-2)21(26-22)24-16-11-9-15(10-12-16)23(27)28;1-4-6-17-12-13-19(28-17)21-23-14(3)18(7-5-2)20(25-21)24-16-10-8-15(9-11-16)22(26)27;1-4-7-16-12-13-19(28-16)21-24-18(6-3)17(5-2)20(25-21)23-15-10-8-14(9-11-15)22(26)27;1-4-6-16-11-12-18(27-16)20-22-13(3)17(5-2)19(24-20)23-15-9-7-14(8-10-15)21(25)26/h10-15H,4-9,16H2,1-3H3,(H,29,30)(H,26,27,28);5,9-14H,2,4,6-8H2,1,3H3,(H,27,28)(H,24,25,26);5,8-13H,2,4,6-7H2,1,3H3,(H,26,27)(H,23,24,25);8-13H,4-7H2,1-3H3,(H,26,27)(H,23,24,25);7-12H,4-6H2,1-3H3,(H,25,26)(H,22,23,24). The van der Waals surface area contributed by atoms with Crippen molar-refractivity contribution in [3.05, 3.63) is 316 Å². The van der Waals surface area contributed by atoms with Gasteiger partial charge in [-0.05, 0) is 279 Å². The molecule has 10 N–H and O–H groups in total. The molecule has 15 rings (SSSR count). The van der Waals surface area contributed by atoms with E-state index in [9.17, 15) is 24.0 Å². The van der Waals surface area contributed by atoms with Crippen LogP contribution >= 0.6 is 56.7 Å². The summed E-state index contributed by atoms with van der Waals surface area (Å²) in [5, 5.41) is 62.1. The van der Waals surface area contributed by atoms with E-state index in [4.69, 9.17) is 75.4 Å². The fraction of sp³-hybridized carbons (Fsp3) is 0.301. The number of carboxylic acid groups (broad SMARTS) is 5. The van der Waals surface area contributed by atoms with Crippen molar-refractivity contribution in [1.29, 1.82) is 0 Å². The summed E-state index contributed by atoms with van der Waals surface area (Å²) < 4.78 is 0. The van der Waals surface area contributed by atoms with E-state index in [2.05, 4.69) is 177 Å². The largest absolute Gasteiger partial charge is 0.481 e. The van der Waals surface area contributed by atoms with Gasteiger partial charge in [0.15, 0.2) is 29.1 Å². The van der Waals surface area contributed by atoms with Crippen molar-refractivity contribution in [2.45, 2.75) is 225 Å². The molecule has 10 aromatic heterocycles. The molecule has 0 bridgehead atoms. The molecule has 143 heavy (non-hydrogen) atoms. The molecule has 0 saturated carbocycles. The van der Waals surface area contributed by atoms with E-state index in [1.165, 1.54) is 43.6 Å². The zero-order valence-electron chi connectivity index (χ0n) is 83.5. The van der Waals surface area contributed by atoms with Crippen molar-refractivity contribution >= 4 is 144 Å². The van der Waals surface area contributed by atoms with Crippen molar-refractivity contribution in [2.75, 3.05) is 26.6 Å². The van der Waals surface area contributed by atoms with Crippen molar-refractivity contribution in [3.63, 3.8) is 0 Å². The first-order chi connectivity index (χ1) is 69.2. The van der Waals surface area contributed by atoms with Gasteiger partial charge in [0.1, 0.15) is 29.1 Å². The Morgan fingerprint density at radius 1 is 0.280 bits per heavy atom. The first-order valence-electron chi connectivity index (χ1n) is 48.8. The number of nitrogens with one attached hydrogen (secondary N) is 5. The molecule has 5 aromatic carbocycles. The smallest absolute Gasteiger partial charge is 0.335 e. The molecule has 25 nitrogen and oxygen atoms in total. The number of carboxylic acids is 5. The highest BCUT2D eigenvalue weighted by Gasteiger charge is 2.24. The van der Waals surface area contributed by atoms with Crippen molar-refractivity contribution in [1.82, 2.24) is 49.8 Å². The Bertz CT molecular complexity index is 6810. The molecule has 0 radical (unpaired) electrons. The highest BCUT2D eigenvalue weighted by Crippen LogP contribution is 2.39. The summed E-state index contributed by atoms with van der Waals surface area (Å²) in [5.41, 5.74) is 16.1. The van der Waals surface area contributed by atoms with Crippen LogP contribution in [-0.2, 0) is 94.7 Å². The monoisotopic (exact) mass is 2010 g/mol. The van der Waals surface area contributed by atoms with E-state index in [0.29, 0.717) is 24.5 Å². The maximum atomic E-state index is 11.1. The maximum Gasteiger partial charge on any atom is 0.335 e. The predicted molar refractivity (Wildman–Crippen MR) is 587 cm³/mol. The first-order valence-corrected chi connectivity index (χ1v) is 52.9. The Kier molecular flexibility index (Phi) is 41.8. The molecule has 0 aliphatic rings. The van der Waals surface area contributed by atoms with Gasteiger partial charge in [-0.3, -0.25) is 4.79 Å². The van der Waals surface area contributed by atoms with Gasteiger partial charge in [-0.2, -0.15) is 0 Å². The summed E-state index contributed by atoms with van der Waals surface area (Å²) in [6, 6.07) is 55.4. The molecule has 0 aliphatic carbocycles. The van der Waals surface area contributed by atoms with Gasteiger partial charge in [0.05, 0.1) is 53.1 Å². The predicted octanol–water partition coefficient (Wildman–Crippen LogP) is 29.2. The molecule has 0 atom stereocenters. The van der Waals surface area contributed by atoms with Crippen molar-refractivity contribution < 1.29 is 49.5 Å². The van der Waals surface area contributed by atoms with Gasteiger partial charge in [-0.25, -0.2) is 69.0 Å². The highest BCUT2D eigenvalue weighted by molar-refractivity contribution is 7.16. The van der Waals surface area contributed by atoms with Crippen LogP contribution in [0.15, 0.2) is 207 Å². The summed E-state index contributed by atoms with van der Waals surface area (Å²) in [6.07, 6.45) is 23.5. The Morgan fingerprint density at radius 2 is 0.531 bits per heavy atom. The fourth-order valence-electron chi connectivity index (χ4n) is 15.7. The van der Waals surface area contributed by atoms with Crippen molar-refractivity contribution in [3.8, 4) is 53.5 Å². The molecule has 0 spiro atoms. The second-order valence-electron chi connectivity index (χ2n) is 33.7. The zero-order chi connectivity index (χ0) is 103. The number of aryl methyl sites for hydroxylation is 10. The van der Waals surface area contributed by atoms with Crippen LogP contribution in [0, 0.1) is 13.8 Å². The van der Waals surface area contributed by atoms with Gasteiger partial charge in [0.25, 0.3) is 0 Å². The number of anilines is 10. The van der Waals surface area contributed by atoms with Gasteiger partial charge in [0.2, 0.25) is 0 Å². The van der Waals surface area contributed by atoms with Crippen molar-refractivity contribution in [2.24, 2.45) is 0 Å². The first kappa shape index (κ1) is 109. The number of unbranched alkanes of at least 4 members (excludes halogenated alkanes) is 2. The molecular formula is C113H127N15O10S5. The van der Waals surface area contributed by atoms with Crippen LogP contribution in [0.5, 0.6) is 0 Å². The molecule has 0 unspecified atom stereocenters. The molecule has 0 amide bonds. The number of thiophene rings is 5. The SMILES string of the molecule is C=CCc1c(C)nc(-c2ccc(CCC)s2)nc1Nc1ccc(C(=O)O)cc1.C=CCc1c(CC)nc(-c2ccc(CCC)s2)nc1Nc1ccc(C(=O)O)cc1.CCCCCc1ccc(-c2nc(CC)c(CC)c(Nc3ccc(CC(=O)O)cc3)n2)s1.CCCc1ccc(-c2nc(C)c(CC)c(Nc3ccc(C(=O)O)cc3)n2)s1.CCCc1ccc(-c2nc(CC)c(CC)c(Nc3ccc(C(=O)O)cc3)n2)s1. The number of rotatable bonds is 43. The fourth-order valence-corrected chi connectivity index (χ4v) is 20.8. The summed E-state index contributed by atoms with van der Waals surface area (Å²) in [4.78, 5) is 115. The molecule has 30 heteroatoms. The lowest BCUT2D eigenvalue weighted by Crippen LogP contribution is -2.07. The van der Waals surface area contributed by atoms with Gasteiger partial charge >= 0.3 is 29.8 Å². The van der Waals surface area contributed by atoms with Gasteiger partial charge in [-0.15, -0.1) is 69.8 Å². The topological polar surface area (TPSA) is 376 Å². The summed E-state index contributed by atoms with van der Waals surface area (Å²) in [5.74, 6) is 2.91. The number of benzene rings is 5. The molecule has 0 aliphatic heterocycles.